The fraction of sp³-hybridized carbons (Fsp3) is 0.571. The first-order valence-corrected chi connectivity index (χ1v) is 9.69. The third-order valence-corrected chi connectivity index (χ3v) is 5.21. The number of nitrogens with zero attached hydrogens (tertiary/aromatic N) is 1. The van der Waals surface area contributed by atoms with Gasteiger partial charge in [-0.1, -0.05) is 57.0 Å². The van der Waals surface area contributed by atoms with Crippen molar-refractivity contribution in [1.29, 1.82) is 0 Å². The Morgan fingerprint density at radius 3 is 2.59 bits per heavy atom. The number of esters is 1. The molecule has 1 aliphatic rings. The molecular formula is C21H29NO5. The van der Waals surface area contributed by atoms with E-state index in [0.29, 0.717) is 19.4 Å². The van der Waals surface area contributed by atoms with E-state index in [-0.39, 0.29) is 12.5 Å². The van der Waals surface area contributed by atoms with Gasteiger partial charge in [0.1, 0.15) is 12.6 Å². The molecule has 0 spiro atoms. The van der Waals surface area contributed by atoms with Crippen molar-refractivity contribution in [1.82, 2.24) is 4.90 Å². The molecule has 2 rings (SSSR count). The van der Waals surface area contributed by atoms with Gasteiger partial charge in [0.2, 0.25) is 5.91 Å². The summed E-state index contributed by atoms with van der Waals surface area (Å²) < 4.78 is 5.41. The van der Waals surface area contributed by atoms with Crippen molar-refractivity contribution in [2.45, 2.75) is 58.6 Å². The zero-order valence-corrected chi connectivity index (χ0v) is 16.1. The van der Waals surface area contributed by atoms with Gasteiger partial charge in [-0.3, -0.25) is 9.59 Å². The third-order valence-electron chi connectivity index (χ3n) is 5.21. The van der Waals surface area contributed by atoms with Crippen LogP contribution in [-0.4, -0.2) is 40.4 Å². The van der Waals surface area contributed by atoms with Gasteiger partial charge in [-0.05, 0) is 24.8 Å². The van der Waals surface area contributed by atoms with Crippen LogP contribution in [0.4, 0.5) is 0 Å². The van der Waals surface area contributed by atoms with Crippen molar-refractivity contribution in [3.63, 3.8) is 0 Å². The molecule has 3 atom stereocenters. The highest BCUT2D eigenvalue weighted by Crippen LogP contribution is 2.27. The Hall–Kier alpha value is -2.37. The number of amides is 1. The minimum absolute atomic E-state index is 0.170. The second-order valence-corrected chi connectivity index (χ2v) is 7.16. The smallest absolute Gasteiger partial charge is 0.329 e. The Kier molecular flexibility index (Phi) is 7.82. The molecular weight excluding hydrogens is 346 g/mol. The summed E-state index contributed by atoms with van der Waals surface area (Å²) >= 11 is 0. The minimum Gasteiger partial charge on any atom is -0.481 e. The Bertz CT molecular complexity index is 645. The maximum Gasteiger partial charge on any atom is 0.329 e. The first-order valence-electron chi connectivity index (χ1n) is 9.69. The van der Waals surface area contributed by atoms with E-state index in [1.807, 2.05) is 37.3 Å². The Morgan fingerprint density at radius 2 is 1.96 bits per heavy atom. The summed E-state index contributed by atoms with van der Waals surface area (Å²) in [4.78, 5) is 38.6. The second kappa shape index (κ2) is 10.1. The minimum atomic E-state index is -0.980. The summed E-state index contributed by atoms with van der Waals surface area (Å²) in [6.07, 6.45) is 3.47. The van der Waals surface area contributed by atoms with E-state index in [4.69, 9.17) is 4.74 Å². The molecule has 0 aromatic heterocycles. The number of carbonyl (C=O) groups is 3. The molecule has 0 aliphatic carbocycles. The maximum absolute atomic E-state index is 13.0. The van der Waals surface area contributed by atoms with Crippen LogP contribution in [0.15, 0.2) is 30.3 Å². The maximum atomic E-state index is 13.0. The predicted molar refractivity (Wildman–Crippen MR) is 101 cm³/mol. The van der Waals surface area contributed by atoms with Crippen molar-refractivity contribution in [3.8, 4) is 0 Å². The van der Waals surface area contributed by atoms with Crippen LogP contribution in [0, 0.1) is 11.8 Å². The zero-order valence-electron chi connectivity index (χ0n) is 16.1. The van der Waals surface area contributed by atoms with Crippen molar-refractivity contribution >= 4 is 17.8 Å². The van der Waals surface area contributed by atoms with Crippen LogP contribution >= 0.6 is 0 Å². The molecule has 1 N–H and O–H groups in total. The molecule has 1 amide bonds. The fourth-order valence-electron chi connectivity index (χ4n) is 3.50. The fourth-order valence-corrected chi connectivity index (χ4v) is 3.50. The monoisotopic (exact) mass is 375 g/mol. The zero-order chi connectivity index (χ0) is 19.8. The van der Waals surface area contributed by atoms with E-state index >= 15 is 0 Å². The van der Waals surface area contributed by atoms with Gasteiger partial charge in [-0.2, -0.15) is 0 Å². The summed E-state index contributed by atoms with van der Waals surface area (Å²) in [6.45, 7) is 4.22. The van der Waals surface area contributed by atoms with Crippen LogP contribution in [0.1, 0.15) is 51.5 Å². The molecule has 1 aliphatic heterocycles. The van der Waals surface area contributed by atoms with Crippen LogP contribution in [0.2, 0.25) is 0 Å². The van der Waals surface area contributed by atoms with E-state index in [1.54, 1.807) is 6.92 Å². The molecule has 1 unspecified atom stereocenters. The van der Waals surface area contributed by atoms with E-state index in [0.717, 1.165) is 24.8 Å². The third kappa shape index (κ3) is 5.55. The van der Waals surface area contributed by atoms with Gasteiger partial charge >= 0.3 is 11.9 Å². The summed E-state index contributed by atoms with van der Waals surface area (Å²) in [5, 5.41) is 9.37. The predicted octanol–water partition coefficient (Wildman–Crippen LogP) is 3.25. The SMILES string of the molecule is CCCC[C@@H](C(=O)N1CCC[C@H]1C(=O)OCc1ccccc1)C(C)C(=O)O. The number of hydrogen-bond acceptors (Lipinski definition) is 4. The molecule has 27 heavy (non-hydrogen) atoms. The van der Waals surface area contributed by atoms with Crippen molar-refractivity contribution in [2.24, 2.45) is 11.8 Å². The van der Waals surface area contributed by atoms with Gasteiger partial charge < -0.3 is 14.7 Å². The van der Waals surface area contributed by atoms with Crippen LogP contribution in [0.5, 0.6) is 0 Å². The van der Waals surface area contributed by atoms with Gasteiger partial charge in [0.15, 0.2) is 0 Å². The van der Waals surface area contributed by atoms with Gasteiger partial charge in [0.05, 0.1) is 11.8 Å². The van der Waals surface area contributed by atoms with Gasteiger partial charge in [0, 0.05) is 6.54 Å². The van der Waals surface area contributed by atoms with Crippen molar-refractivity contribution < 1.29 is 24.2 Å². The number of carboxylic acid groups (broad SMARTS) is 1. The summed E-state index contributed by atoms with van der Waals surface area (Å²) in [7, 11) is 0. The van der Waals surface area contributed by atoms with E-state index in [2.05, 4.69) is 0 Å². The number of rotatable bonds is 9. The van der Waals surface area contributed by atoms with Crippen LogP contribution in [-0.2, 0) is 25.7 Å². The van der Waals surface area contributed by atoms with Gasteiger partial charge in [-0.25, -0.2) is 4.79 Å². The van der Waals surface area contributed by atoms with E-state index in [9.17, 15) is 19.5 Å². The normalized spacial score (nSPS) is 18.7. The van der Waals surface area contributed by atoms with Crippen LogP contribution in [0.25, 0.3) is 0 Å². The highest BCUT2D eigenvalue weighted by Gasteiger charge is 2.40. The second-order valence-electron chi connectivity index (χ2n) is 7.16. The topological polar surface area (TPSA) is 83.9 Å². The summed E-state index contributed by atoms with van der Waals surface area (Å²) in [5.74, 6) is -3.01. The van der Waals surface area contributed by atoms with E-state index < -0.39 is 29.8 Å². The number of carboxylic acids is 1. The molecule has 1 saturated heterocycles. The first kappa shape index (κ1) is 20.9. The number of ether oxygens (including phenoxy) is 1. The molecule has 6 nitrogen and oxygen atoms in total. The Balaban J connectivity index is 2.04. The Labute approximate surface area is 160 Å². The molecule has 0 bridgehead atoms. The standard InChI is InChI=1S/C21H29NO5/c1-3-4-11-17(15(2)20(24)25)19(23)22-13-8-12-18(22)21(26)27-14-16-9-6-5-7-10-16/h5-7,9-10,15,17-18H,3-4,8,11-14H2,1-2H3,(H,24,25)/t15?,17-,18+/m1/s1. The number of aliphatic carboxylic acids is 1. The average Bonchev–Trinajstić information content (AvgIpc) is 3.16. The number of unbranched alkanes of at least 4 members (excludes halogenated alkanes) is 1. The highest BCUT2D eigenvalue weighted by atomic mass is 16.5. The molecule has 0 saturated carbocycles. The quantitative estimate of drug-likeness (QED) is 0.670. The van der Waals surface area contributed by atoms with Crippen molar-refractivity contribution in [3.05, 3.63) is 35.9 Å². The highest BCUT2D eigenvalue weighted by molar-refractivity contribution is 5.89. The molecule has 0 radical (unpaired) electrons. The molecule has 148 valence electrons. The molecule has 1 aromatic carbocycles. The van der Waals surface area contributed by atoms with Gasteiger partial charge in [-0.15, -0.1) is 0 Å². The molecule has 1 heterocycles. The lowest BCUT2D eigenvalue weighted by Gasteiger charge is -2.29. The van der Waals surface area contributed by atoms with Crippen LogP contribution in [0.3, 0.4) is 0 Å². The first-order chi connectivity index (χ1) is 13.0. The lowest BCUT2D eigenvalue weighted by atomic mass is 9.87. The molecule has 6 heteroatoms. The van der Waals surface area contributed by atoms with Gasteiger partial charge in [0.25, 0.3) is 0 Å². The lowest BCUT2D eigenvalue weighted by Crippen LogP contribution is -2.46. The number of carbonyl (C=O) groups excluding carboxylic acids is 2. The van der Waals surface area contributed by atoms with Crippen LogP contribution < -0.4 is 0 Å². The summed E-state index contributed by atoms with van der Waals surface area (Å²) in [6, 6.07) is 8.77. The number of hydrogen-bond donors (Lipinski definition) is 1. The largest absolute Gasteiger partial charge is 0.481 e. The van der Waals surface area contributed by atoms with Crippen molar-refractivity contribution in [2.75, 3.05) is 6.54 Å². The Morgan fingerprint density at radius 1 is 1.26 bits per heavy atom. The summed E-state index contributed by atoms with van der Waals surface area (Å²) in [5.41, 5.74) is 0.891. The average molecular weight is 375 g/mol. The van der Waals surface area contributed by atoms with E-state index in [1.165, 1.54) is 4.90 Å². The number of likely N-dealkylation sites (tertiary alicyclic amines) is 1. The lowest BCUT2D eigenvalue weighted by molar-refractivity contribution is -0.158. The molecule has 1 fully saturated rings. The number of benzene rings is 1. The molecule has 1 aromatic rings.